The van der Waals surface area contributed by atoms with Gasteiger partial charge in [0.1, 0.15) is 11.2 Å². The molecule has 1 aromatic heterocycles. The lowest BCUT2D eigenvalue weighted by molar-refractivity contribution is -0.120. The molecule has 2 aliphatic rings. The van der Waals surface area contributed by atoms with E-state index in [0.29, 0.717) is 19.8 Å². The number of nitrogens with one attached hydrogen (secondary N) is 1. The van der Waals surface area contributed by atoms with E-state index < -0.39 is 18.7 Å². The van der Waals surface area contributed by atoms with Crippen LogP contribution in [0.15, 0.2) is 53.1 Å². The quantitative estimate of drug-likeness (QED) is 0.526. The zero-order chi connectivity index (χ0) is 21.4. The lowest BCUT2D eigenvalue weighted by Crippen LogP contribution is -2.48. The van der Waals surface area contributed by atoms with Gasteiger partial charge >= 0.3 is 7.12 Å². The molecule has 5 rings (SSSR count). The van der Waals surface area contributed by atoms with E-state index in [9.17, 15) is 14.8 Å². The van der Waals surface area contributed by atoms with Crippen molar-refractivity contribution >= 4 is 24.0 Å². The number of furan rings is 1. The van der Waals surface area contributed by atoms with Crippen LogP contribution < -0.4 is 5.32 Å². The monoisotopic (exact) mass is 421 g/mol. The summed E-state index contributed by atoms with van der Waals surface area (Å²) in [5.41, 5.74) is 4.15. The maximum atomic E-state index is 12.8. The summed E-state index contributed by atoms with van der Waals surface area (Å²) in [6.45, 7) is 1.66. The Hall–Kier alpha value is -2.65. The Morgan fingerprint density at radius 2 is 2.03 bits per heavy atom. The number of carbonyl (C=O) groups excluding carboxylic acids is 1. The SMILES string of the molecule is O=C(Cc1cccc2c1COC21CCOC1)N[C@@H](Cc1coc2ccccc12)B(O)O. The Labute approximate surface area is 180 Å². The Kier molecular flexibility index (Phi) is 5.31. The van der Waals surface area contributed by atoms with E-state index in [1.54, 1.807) is 6.26 Å². The maximum absolute atomic E-state index is 12.8. The van der Waals surface area contributed by atoms with Crippen molar-refractivity contribution in [2.24, 2.45) is 0 Å². The van der Waals surface area contributed by atoms with Crippen LogP contribution in [0.25, 0.3) is 11.0 Å². The highest BCUT2D eigenvalue weighted by atomic mass is 16.6. The molecule has 1 amide bonds. The van der Waals surface area contributed by atoms with E-state index in [0.717, 1.165) is 39.6 Å². The predicted octanol–water partition coefficient (Wildman–Crippen LogP) is 1.86. The highest BCUT2D eigenvalue weighted by molar-refractivity contribution is 6.43. The summed E-state index contributed by atoms with van der Waals surface area (Å²) in [7, 11) is -1.69. The number of ether oxygens (including phenoxy) is 2. The normalized spacial score (nSPS) is 20.8. The van der Waals surface area contributed by atoms with Gasteiger partial charge in [-0.3, -0.25) is 4.79 Å². The van der Waals surface area contributed by atoms with Gasteiger partial charge in [0.2, 0.25) is 5.91 Å². The number of hydrogen-bond donors (Lipinski definition) is 3. The summed E-state index contributed by atoms with van der Waals surface area (Å²) in [5.74, 6) is -1.13. The van der Waals surface area contributed by atoms with Crippen molar-refractivity contribution in [1.29, 1.82) is 0 Å². The molecule has 0 bridgehead atoms. The number of para-hydroxylation sites is 1. The molecule has 7 nitrogen and oxygen atoms in total. The summed E-state index contributed by atoms with van der Waals surface area (Å²) < 4.78 is 17.2. The molecular formula is C23H24BNO6. The number of hydrogen-bond acceptors (Lipinski definition) is 6. The summed E-state index contributed by atoms with van der Waals surface area (Å²) in [4.78, 5) is 12.8. The standard InChI is InChI=1S/C23H24BNO6/c26-22(11-15-4-3-6-19-18(15)13-31-23(19)8-9-29-14-23)25-21(24(27)28)10-16-12-30-20-7-2-1-5-17(16)20/h1-7,12,21,27-28H,8-11,13-14H2,(H,25,26)/t21-,23?/m0/s1. The fourth-order valence-electron chi connectivity index (χ4n) is 4.65. The summed E-state index contributed by atoms with van der Waals surface area (Å²) >= 11 is 0. The summed E-state index contributed by atoms with van der Waals surface area (Å²) in [5, 5.41) is 23.4. The van der Waals surface area contributed by atoms with Crippen molar-refractivity contribution < 1.29 is 28.7 Å². The topological polar surface area (TPSA) is 101 Å². The van der Waals surface area contributed by atoms with Crippen LogP contribution in [0.5, 0.6) is 0 Å². The second-order valence-electron chi connectivity index (χ2n) is 8.25. The zero-order valence-corrected chi connectivity index (χ0v) is 17.0. The van der Waals surface area contributed by atoms with Crippen LogP contribution in [0, 0.1) is 0 Å². The van der Waals surface area contributed by atoms with Crippen LogP contribution in [0.3, 0.4) is 0 Å². The van der Waals surface area contributed by atoms with Crippen molar-refractivity contribution in [2.75, 3.05) is 13.2 Å². The number of amides is 1. The fourth-order valence-corrected chi connectivity index (χ4v) is 4.65. The molecule has 3 heterocycles. The summed E-state index contributed by atoms with van der Waals surface area (Å²) in [6.07, 6.45) is 2.79. The molecule has 0 saturated carbocycles. The van der Waals surface area contributed by atoms with Gasteiger partial charge in [-0.25, -0.2) is 0 Å². The van der Waals surface area contributed by atoms with E-state index in [2.05, 4.69) is 5.32 Å². The van der Waals surface area contributed by atoms with Crippen LogP contribution in [-0.2, 0) is 39.3 Å². The van der Waals surface area contributed by atoms with Gasteiger partial charge in [-0.1, -0.05) is 36.4 Å². The first-order chi connectivity index (χ1) is 15.1. The van der Waals surface area contributed by atoms with E-state index in [4.69, 9.17) is 13.9 Å². The molecule has 3 aromatic rings. The zero-order valence-electron chi connectivity index (χ0n) is 17.0. The average Bonchev–Trinajstić information content (AvgIpc) is 3.49. The third kappa shape index (κ3) is 3.76. The molecule has 1 spiro atoms. The van der Waals surface area contributed by atoms with E-state index in [1.807, 2.05) is 42.5 Å². The third-order valence-corrected chi connectivity index (χ3v) is 6.30. The van der Waals surface area contributed by atoms with Gasteiger partial charge in [-0.05, 0) is 34.7 Å². The molecule has 2 atom stereocenters. The molecule has 8 heteroatoms. The summed E-state index contributed by atoms with van der Waals surface area (Å²) in [6, 6.07) is 13.4. The molecule has 160 valence electrons. The smallest absolute Gasteiger partial charge is 0.464 e. The molecule has 2 aliphatic heterocycles. The molecule has 3 N–H and O–H groups in total. The van der Waals surface area contributed by atoms with Gasteiger partial charge in [0.05, 0.1) is 31.8 Å². The second-order valence-corrected chi connectivity index (χ2v) is 8.25. The lowest BCUT2D eigenvalue weighted by Gasteiger charge is -2.21. The van der Waals surface area contributed by atoms with Crippen molar-refractivity contribution in [3.05, 3.63) is 71.0 Å². The van der Waals surface area contributed by atoms with Crippen LogP contribution in [0.2, 0.25) is 0 Å². The number of rotatable bonds is 6. The Morgan fingerprint density at radius 1 is 1.16 bits per heavy atom. The van der Waals surface area contributed by atoms with Crippen LogP contribution >= 0.6 is 0 Å². The molecular weight excluding hydrogens is 397 g/mol. The Balaban J connectivity index is 1.31. The van der Waals surface area contributed by atoms with Gasteiger partial charge in [0.25, 0.3) is 0 Å². The van der Waals surface area contributed by atoms with Crippen LogP contribution in [-0.4, -0.2) is 42.2 Å². The minimum atomic E-state index is -1.69. The van der Waals surface area contributed by atoms with Gasteiger partial charge in [0, 0.05) is 18.4 Å². The Morgan fingerprint density at radius 3 is 2.84 bits per heavy atom. The van der Waals surface area contributed by atoms with Gasteiger partial charge in [-0.15, -0.1) is 0 Å². The number of fused-ring (bicyclic) bond motifs is 3. The molecule has 31 heavy (non-hydrogen) atoms. The van der Waals surface area contributed by atoms with Crippen LogP contribution in [0.4, 0.5) is 0 Å². The number of benzene rings is 2. The maximum Gasteiger partial charge on any atom is 0.475 e. The molecule has 2 aromatic carbocycles. The first-order valence-corrected chi connectivity index (χ1v) is 10.5. The number of carbonyl (C=O) groups is 1. The van der Waals surface area contributed by atoms with Crippen LogP contribution in [0.1, 0.15) is 28.7 Å². The average molecular weight is 421 g/mol. The molecule has 0 radical (unpaired) electrons. The third-order valence-electron chi connectivity index (χ3n) is 6.30. The van der Waals surface area contributed by atoms with Gasteiger partial charge in [0.15, 0.2) is 0 Å². The molecule has 1 unspecified atom stereocenters. The molecule has 1 fully saturated rings. The van der Waals surface area contributed by atoms with Crippen molar-refractivity contribution in [2.45, 2.75) is 37.4 Å². The van der Waals surface area contributed by atoms with Crippen molar-refractivity contribution in [3.8, 4) is 0 Å². The minimum Gasteiger partial charge on any atom is -0.464 e. The highest BCUT2D eigenvalue weighted by Crippen LogP contribution is 2.43. The van der Waals surface area contributed by atoms with E-state index >= 15 is 0 Å². The lowest BCUT2D eigenvalue weighted by atomic mass is 9.75. The highest BCUT2D eigenvalue weighted by Gasteiger charge is 2.44. The first kappa shape index (κ1) is 20.3. The van der Waals surface area contributed by atoms with E-state index in [1.165, 1.54) is 0 Å². The predicted molar refractivity (Wildman–Crippen MR) is 114 cm³/mol. The largest absolute Gasteiger partial charge is 0.475 e. The fraction of sp³-hybridized carbons (Fsp3) is 0.348. The van der Waals surface area contributed by atoms with E-state index in [-0.39, 0.29) is 18.7 Å². The first-order valence-electron chi connectivity index (χ1n) is 10.5. The van der Waals surface area contributed by atoms with Crippen molar-refractivity contribution in [1.82, 2.24) is 5.32 Å². The molecule has 0 aliphatic carbocycles. The second kappa shape index (κ2) is 8.13. The van der Waals surface area contributed by atoms with Crippen molar-refractivity contribution in [3.63, 3.8) is 0 Å². The molecule has 1 saturated heterocycles. The Bertz CT molecular complexity index is 1100. The minimum absolute atomic E-state index is 0.138. The van der Waals surface area contributed by atoms with Gasteiger partial charge in [-0.2, -0.15) is 0 Å². The van der Waals surface area contributed by atoms with Gasteiger partial charge < -0.3 is 29.3 Å².